The molecule has 3 aromatic rings. The highest BCUT2D eigenvalue weighted by Gasteiger charge is 2.38. The standard InChI is InChI=1S/C21H26F2N4O2Si/c1-21(2,3)30(4,5)29-16-8-6-15(7-9-16)28-12-17-18(22)10-14(11-19(17)23)27-13-25-20(24)26-27/h6-11,13H,12H2,1-5H3,(H2,24,26). The Morgan fingerprint density at radius 2 is 1.60 bits per heavy atom. The predicted molar refractivity (Wildman–Crippen MR) is 114 cm³/mol. The van der Waals surface area contributed by atoms with Gasteiger partial charge in [-0.2, -0.15) is 0 Å². The van der Waals surface area contributed by atoms with Crippen LogP contribution >= 0.6 is 0 Å². The minimum atomic E-state index is -1.94. The Morgan fingerprint density at radius 1 is 1.03 bits per heavy atom. The molecular formula is C21H26F2N4O2Si. The maximum absolute atomic E-state index is 14.4. The van der Waals surface area contributed by atoms with E-state index in [1.54, 1.807) is 24.3 Å². The molecule has 1 aromatic heterocycles. The molecule has 30 heavy (non-hydrogen) atoms. The zero-order valence-corrected chi connectivity index (χ0v) is 18.7. The molecule has 0 unspecified atom stereocenters. The molecule has 0 amide bonds. The molecule has 0 fully saturated rings. The van der Waals surface area contributed by atoms with E-state index in [0.29, 0.717) is 5.75 Å². The van der Waals surface area contributed by atoms with E-state index in [2.05, 4.69) is 43.9 Å². The van der Waals surface area contributed by atoms with Crippen molar-refractivity contribution in [1.29, 1.82) is 0 Å². The van der Waals surface area contributed by atoms with Crippen molar-refractivity contribution < 1.29 is 17.9 Å². The van der Waals surface area contributed by atoms with E-state index in [0.717, 1.165) is 17.9 Å². The molecule has 2 N–H and O–H groups in total. The van der Waals surface area contributed by atoms with E-state index in [9.17, 15) is 8.78 Å². The van der Waals surface area contributed by atoms with Crippen LogP contribution in [-0.2, 0) is 6.61 Å². The van der Waals surface area contributed by atoms with Gasteiger partial charge in [-0.1, -0.05) is 20.8 Å². The zero-order chi connectivity index (χ0) is 22.1. The van der Waals surface area contributed by atoms with Crippen molar-refractivity contribution in [3.8, 4) is 17.2 Å². The second-order valence-electron chi connectivity index (χ2n) is 8.56. The molecule has 0 spiro atoms. The number of ether oxygens (including phenoxy) is 1. The average molecular weight is 433 g/mol. The first-order chi connectivity index (χ1) is 14.0. The van der Waals surface area contributed by atoms with E-state index >= 15 is 0 Å². The predicted octanol–water partition coefficient (Wildman–Crippen LogP) is 5.09. The summed E-state index contributed by atoms with van der Waals surface area (Å²) in [6.07, 6.45) is 1.28. The van der Waals surface area contributed by atoms with Crippen molar-refractivity contribution in [2.75, 3.05) is 5.73 Å². The fourth-order valence-corrected chi connectivity index (χ4v) is 3.50. The van der Waals surface area contributed by atoms with Crippen molar-refractivity contribution in [1.82, 2.24) is 14.8 Å². The number of hydrogen-bond acceptors (Lipinski definition) is 5. The van der Waals surface area contributed by atoms with Crippen molar-refractivity contribution in [2.24, 2.45) is 0 Å². The highest BCUT2D eigenvalue weighted by atomic mass is 28.4. The van der Waals surface area contributed by atoms with Gasteiger partial charge in [0, 0.05) is 12.1 Å². The third kappa shape index (κ3) is 4.78. The largest absolute Gasteiger partial charge is 0.543 e. The van der Waals surface area contributed by atoms with E-state index < -0.39 is 20.0 Å². The topological polar surface area (TPSA) is 75.2 Å². The number of halogens is 2. The summed E-state index contributed by atoms with van der Waals surface area (Å²) in [5.41, 5.74) is 5.45. The van der Waals surface area contributed by atoms with Gasteiger partial charge in [-0.05, 0) is 42.4 Å². The Kier molecular flexibility index (Phi) is 5.84. The number of anilines is 1. The van der Waals surface area contributed by atoms with Crippen LogP contribution in [0, 0.1) is 11.6 Å². The molecule has 0 atom stereocenters. The highest BCUT2D eigenvalue weighted by molar-refractivity contribution is 6.74. The Morgan fingerprint density at radius 3 is 2.10 bits per heavy atom. The molecule has 1 heterocycles. The summed E-state index contributed by atoms with van der Waals surface area (Å²) in [5.74, 6) is -0.217. The van der Waals surface area contributed by atoms with Crippen LogP contribution in [0.15, 0.2) is 42.7 Å². The molecule has 0 aliphatic heterocycles. The van der Waals surface area contributed by atoms with Crippen LogP contribution in [-0.4, -0.2) is 23.1 Å². The molecule has 0 bridgehead atoms. The van der Waals surface area contributed by atoms with Gasteiger partial charge in [0.2, 0.25) is 14.3 Å². The Balaban J connectivity index is 1.68. The van der Waals surface area contributed by atoms with E-state index in [-0.39, 0.29) is 28.8 Å². The zero-order valence-electron chi connectivity index (χ0n) is 17.7. The van der Waals surface area contributed by atoms with Crippen molar-refractivity contribution in [3.05, 3.63) is 59.9 Å². The van der Waals surface area contributed by atoms with Crippen LogP contribution in [0.2, 0.25) is 18.1 Å². The molecule has 3 rings (SSSR count). The van der Waals surface area contributed by atoms with Gasteiger partial charge in [-0.25, -0.2) is 18.4 Å². The summed E-state index contributed by atoms with van der Waals surface area (Å²) < 4.78 is 41.9. The van der Waals surface area contributed by atoms with Gasteiger partial charge in [-0.15, -0.1) is 5.10 Å². The average Bonchev–Trinajstić information content (AvgIpc) is 3.07. The lowest BCUT2D eigenvalue weighted by atomic mass is 10.2. The Labute approximate surface area is 175 Å². The third-order valence-corrected chi connectivity index (χ3v) is 9.64. The molecular weight excluding hydrogens is 406 g/mol. The monoisotopic (exact) mass is 432 g/mol. The molecule has 160 valence electrons. The van der Waals surface area contributed by atoms with E-state index in [1.807, 2.05) is 0 Å². The second kappa shape index (κ2) is 8.06. The van der Waals surface area contributed by atoms with Gasteiger partial charge in [0.25, 0.3) is 0 Å². The molecule has 0 aliphatic rings. The second-order valence-corrected chi connectivity index (χ2v) is 13.3. The van der Waals surface area contributed by atoms with Crippen LogP contribution in [0.1, 0.15) is 26.3 Å². The molecule has 0 saturated carbocycles. The van der Waals surface area contributed by atoms with Crippen LogP contribution in [0.3, 0.4) is 0 Å². The SMILES string of the molecule is CC(C)(C)[Si](C)(C)Oc1ccc(OCc2c(F)cc(-n3cnc(N)n3)cc2F)cc1. The van der Waals surface area contributed by atoms with Crippen LogP contribution in [0.5, 0.6) is 11.5 Å². The smallest absolute Gasteiger partial charge is 0.250 e. The first kappa shape index (κ1) is 21.8. The van der Waals surface area contributed by atoms with Gasteiger partial charge in [0.15, 0.2) is 0 Å². The molecule has 9 heteroatoms. The minimum absolute atomic E-state index is 0.0178. The lowest BCUT2D eigenvalue weighted by Gasteiger charge is -2.36. The first-order valence-electron chi connectivity index (χ1n) is 9.53. The number of nitrogens with two attached hydrogens (primary N) is 1. The fourth-order valence-electron chi connectivity index (χ4n) is 2.47. The fraction of sp³-hybridized carbons (Fsp3) is 0.333. The van der Waals surface area contributed by atoms with Gasteiger partial charge in [0.1, 0.15) is 36.1 Å². The van der Waals surface area contributed by atoms with Crippen molar-refractivity contribution in [2.45, 2.75) is 45.5 Å². The minimum Gasteiger partial charge on any atom is -0.543 e. The van der Waals surface area contributed by atoms with E-state index in [1.165, 1.54) is 11.0 Å². The van der Waals surface area contributed by atoms with Crippen molar-refractivity contribution >= 4 is 14.3 Å². The number of hydrogen-bond donors (Lipinski definition) is 1. The van der Waals surface area contributed by atoms with Gasteiger partial charge in [-0.3, -0.25) is 0 Å². The molecule has 0 saturated heterocycles. The lowest BCUT2D eigenvalue weighted by Crippen LogP contribution is -2.43. The van der Waals surface area contributed by atoms with Crippen LogP contribution in [0.4, 0.5) is 14.7 Å². The van der Waals surface area contributed by atoms with Gasteiger partial charge in [0.05, 0.1) is 11.3 Å². The van der Waals surface area contributed by atoms with E-state index in [4.69, 9.17) is 14.9 Å². The highest BCUT2D eigenvalue weighted by Crippen LogP contribution is 2.37. The Bertz CT molecular complexity index is 1010. The summed E-state index contributed by atoms with van der Waals surface area (Å²) >= 11 is 0. The lowest BCUT2D eigenvalue weighted by molar-refractivity contribution is 0.292. The number of nitrogens with zero attached hydrogens (tertiary/aromatic N) is 3. The number of aromatic nitrogens is 3. The maximum Gasteiger partial charge on any atom is 0.250 e. The summed E-state index contributed by atoms with van der Waals surface area (Å²) in [5, 5.41) is 3.93. The normalized spacial score (nSPS) is 12.1. The maximum atomic E-state index is 14.4. The van der Waals surface area contributed by atoms with Gasteiger partial charge >= 0.3 is 0 Å². The third-order valence-electron chi connectivity index (χ3n) is 5.29. The summed E-state index contributed by atoms with van der Waals surface area (Å²) in [6.45, 7) is 10.6. The summed E-state index contributed by atoms with van der Waals surface area (Å²) in [4.78, 5) is 3.75. The molecule has 0 aliphatic carbocycles. The van der Waals surface area contributed by atoms with Crippen LogP contribution < -0.4 is 14.9 Å². The molecule has 0 radical (unpaired) electrons. The molecule has 2 aromatic carbocycles. The quantitative estimate of drug-likeness (QED) is 0.549. The van der Waals surface area contributed by atoms with Crippen LogP contribution in [0.25, 0.3) is 5.69 Å². The summed E-state index contributed by atoms with van der Waals surface area (Å²) in [6, 6.07) is 9.38. The Hall–Kier alpha value is -2.94. The molecule has 6 nitrogen and oxygen atoms in total. The number of rotatable bonds is 6. The first-order valence-corrected chi connectivity index (χ1v) is 12.4. The summed E-state index contributed by atoms with van der Waals surface area (Å²) in [7, 11) is -1.94. The van der Waals surface area contributed by atoms with Crippen molar-refractivity contribution in [3.63, 3.8) is 0 Å². The number of benzene rings is 2. The van der Waals surface area contributed by atoms with Gasteiger partial charge < -0.3 is 14.9 Å². The number of nitrogen functional groups attached to an aromatic ring is 1.